The minimum Gasteiger partial charge on any atom is -0.494 e. The summed E-state index contributed by atoms with van der Waals surface area (Å²) < 4.78 is 5.78. The molecule has 102 valence electrons. The second-order valence-electron chi connectivity index (χ2n) is 5.48. The number of guanidine groups is 1. The van der Waals surface area contributed by atoms with E-state index in [1.54, 1.807) is 0 Å². The van der Waals surface area contributed by atoms with Crippen LogP contribution in [0.1, 0.15) is 32.3 Å². The van der Waals surface area contributed by atoms with Gasteiger partial charge < -0.3 is 15.4 Å². The molecular formula is C15H21N3O. The van der Waals surface area contributed by atoms with Crippen LogP contribution < -0.4 is 10.5 Å². The van der Waals surface area contributed by atoms with E-state index in [9.17, 15) is 0 Å². The molecule has 1 atom stereocenters. The lowest BCUT2D eigenvalue weighted by molar-refractivity contribution is 0.206. The Morgan fingerprint density at radius 2 is 2.16 bits per heavy atom. The first-order chi connectivity index (χ1) is 9.16. The van der Waals surface area contributed by atoms with Gasteiger partial charge in [0.05, 0.1) is 18.7 Å². The SMILES string of the molecule is CCOc1ccccc1C1(C)CN=C(N)N1C1CC1. The molecule has 1 unspecified atom stereocenters. The zero-order chi connectivity index (χ0) is 13.5. The van der Waals surface area contributed by atoms with Crippen molar-refractivity contribution in [1.29, 1.82) is 0 Å². The molecule has 2 N–H and O–H groups in total. The molecule has 0 spiro atoms. The van der Waals surface area contributed by atoms with Gasteiger partial charge in [-0.2, -0.15) is 0 Å². The summed E-state index contributed by atoms with van der Waals surface area (Å²) in [4.78, 5) is 6.76. The lowest BCUT2D eigenvalue weighted by Crippen LogP contribution is -2.48. The topological polar surface area (TPSA) is 50.9 Å². The van der Waals surface area contributed by atoms with Gasteiger partial charge >= 0.3 is 0 Å². The van der Waals surface area contributed by atoms with Crippen LogP contribution in [0.5, 0.6) is 5.75 Å². The molecule has 0 radical (unpaired) electrons. The summed E-state index contributed by atoms with van der Waals surface area (Å²) in [7, 11) is 0. The van der Waals surface area contributed by atoms with Crippen LogP contribution in [0.15, 0.2) is 29.3 Å². The van der Waals surface area contributed by atoms with Gasteiger partial charge in [0, 0.05) is 11.6 Å². The van der Waals surface area contributed by atoms with E-state index in [1.165, 1.54) is 18.4 Å². The molecule has 1 aromatic carbocycles. The minimum atomic E-state index is -0.170. The zero-order valence-corrected chi connectivity index (χ0v) is 11.6. The third-order valence-electron chi connectivity index (χ3n) is 4.01. The summed E-state index contributed by atoms with van der Waals surface area (Å²) in [5.41, 5.74) is 7.11. The third kappa shape index (κ3) is 1.95. The molecule has 2 aliphatic rings. The zero-order valence-electron chi connectivity index (χ0n) is 11.6. The Hall–Kier alpha value is -1.71. The first-order valence-electron chi connectivity index (χ1n) is 6.98. The number of nitrogens with zero attached hydrogens (tertiary/aromatic N) is 2. The second kappa shape index (κ2) is 4.44. The molecule has 0 bridgehead atoms. The molecule has 0 amide bonds. The van der Waals surface area contributed by atoms with Gasteiger partial charge in [-0.25, -0.2) is 0 Å². The Balaban J connectivity index is 2.00. The maximum Gasteiger partial charge on any atom is 0.192 e. The molecule has 4 nitrogen and oxygen atoms in total. The average Bonchev–Trinajstić information content (AvgIpc) is 3.18. The van der Waals surface area contributed by atoms with Crippen molar-refractivity contribution in [1.82, 2.24) is 4.90 Å². The Labute approximate surface area is 114 Å². The number of aliphatic imine (C=N–C) groups is 1. The van der Waals surface area contributed by atoms with E-state index < -0.39 is 0 Å². The molecular weight excluding hydrogens is 238 g/mol. The van der Waals surface area contributed by atoms with Crippen molar-refractivity contribution in [3.05, 3.63) is 29.8 Å². The molecule has 1 aromatic rings. The van der Waals surface area contributed by atoms with Crippen LogP contribution in [0, 0.1) is 0 Å². The van der Waals surface area contributed by atoms with E-state index >= 15 is 0 Å². The number of rotatable bonds is 4. The second-order valence-corrected chi connectivity index (χ2v) is 5.48. The number of hydrogen-bond acceptors (Lipinski definition) is 4. The van der Waals surface area contributed by atoms with Crippen LogP contribution in [0.2, 0.25) is 0 Å². The van der Waals surface area contributed by atoms with E-state index in [0.29, 0.717) is 25.2 Å². The van der Waals surface area contributed by atoms with Crippen LogP contribution in [-0.2, 0) is 5.54 Å². The Kier molecular flexibility index (Phi) is 2.88. The molecule has 19 heavy (non-hydrogen) atoms. The lowest BCUT2D eigenvalue weighted by Gasteiger charge is -2.37. The van der Waals surface area contributed by atoms with Gasteiger partial charge in [-0.05, 0) is 32.8 Å². The van der Waals surface area contributed by atoms with Crippen LogP contribution >= 0.6 is 0 Å². The molecule has 3 rings (SSSR count). The van der Waals surface area contributed by atoms with E-state index in [0.717, 1.165) is 5.75 Å². The Morgan fingerprint density at radius 3 is 2.84 bits per heavy atom. The highest BCUT2D eigenvalue weighted by Gasteiger charge is 2.47. The highest BCUT2D eigenvalue weighted by Crippen LogP contribution is 2.43. The van der Waals surface area contributed by atoms with Crippen molar-refractivity contribution >= 4 is 5.96 Å². The lowest BCUT2D eigenvalue weighted by atomic mass is 9.90. The van der Waals surface area contributed by atoms with Crippen LogP contribution in [0.4, 0.5) is 0 Å². The van der Waals surface area contributed by atoms with Gasteiger partial charge in [-0.1, -0.05) is 18.2 Å². The van der Waals surface area contributed by atoms with Crippen LogP contribution in [-0.4, -0.2) is 30.1 Å². The molecule has 0 saturated heterocycles. The third-order valence-corrected chi connectivity index (χ3v) is 4.01. The number of benzene rings is 1. The highest BCUT2D eigenvalue weighted by atomic mass is 16.5. The molecule has 1 aliphatic heterocycles. The molecule has 4 heteroatoms. The molecule has 1 saturated carbocycles. The van der Waals surface area contributed by atoms with Gasteiger partial charge in [0.15, 0.2) is 5.96 Å². The van der Waals surface area contributed by atoms with E-state index in [4.69, 9.17) is 10.5 Å². The maximum absolute atomic E-state index is 6.09. The smallest absolute Gasteiger partial charge is 0.192 e. The van der Waals surface area contributed by atoms with Gasteiger partial charge in [0.1, 0.15) is 5.75 Å². The summed E-state index contributed by atoms with van der Waals surface area (Å²) >= 11 is 0. The van der Waals surface area contributed by atoms with Crippen molar-refractivity contribution < 1.29 is 4.74 Å². The van der Waals surface area contributed by atoms with E-state index in [1.807, 2.05) is 19.1 Å². The first-order valence-corrected chi connectivity index (χ1v) is 6.98. The molecule has 0 aromatic heterocycles. The monoisotopic (exact) mass is 259 g/mol. The summed E-state index contributed by atoms with van der Waals surface area (Å²) in [5.74, 6) is 1.62. The largest absolute Gasteiger partial charge is 0.494 e. The molecule has 1 aliphatic carbocycles. The Bertz CT molecular complexity index is 510. The van der Waals surface area contributed by atoms with Crippen molar-refractivity contribution in [3.63, 3.8) is 0 Å². The fourth-order valence-corrected chi connectivity index (χ4v) is 2.97. The number of hydrogen-bond donors (Lipinski definition) is 1. The van der Waals surface area contributed by atoms with Gasteiger partial charge in [0.25, 0.3) is 0 Å². The molecule has 1 heterocycles. The van der Waals surface area contributed by atoms with Gasteiger partial charge in [0.2, 0.25) is 0 Å². The van der Waals surface area contributed by atoms with Crippen molar-refractivity contribution in [2.24, 2.45) is 10.7 Å². The normalized spacial score (nSPS) is 26.4. The summed E-state index contributed by atoms with van der Waals surface area (Å²) in [6.07, 6.45) is 2.42. The molecule has 1 fully saturated rings. The number of ether oxygens (including phenoxy) is 1. The Morgan fingerprint density at radius 1 is 1.42 bits per heavy atom. The number of para-hydroxylation sites is 1. The first kappa shape index (κ1) is 12.3. The fraction of sp³-hybridized carbons (Fsp3) is 0.533. The highest BCUT2D eigenvalue weighted by molar-refractivity contribution is 5.82. The predicted molar refractivity (Wildman–Crippen MR) is 76.3 cm³/mol. The number of nitrogens with two attached hydrogens (primary N) is 1. The fourth-order valence-electron chi connectivity index (χ4n) is 2.97. The quantitative estimate of drug-likeness (QED) is 0.900. The van der Waals surface area contributed by atoms with Gasteiger partial charge in [-0.15, -0.1) is 0 Å². The van der Waals surface area contributed by atoms with Crippen LogP contribution in [0.3, 0.4) is 0 Å². The van der Waals surface area contributed by atoms with Crippen LogP contribution in [0.25, 0.3) is 0 Å². The van der Waals surface area contributed by atoms with E-state index in [2.05, 4.69) is 28.9 Å². The van der Waals surface area contributed by atoms with Crippen molar-refractivity contribution in [3.8, 4) is 5.75 Å². The summed E-state index contributed by atoms with van der Waals surface area (Å²) in [5, 5.41) is 0. The van der Waals surface area contributed by atoms with Gasteiger partial charge in [-0.3, -0.25) is 4.99 Å². The van der Waals surface area contributed by atoms with Crippen molar-refractivity contribution in [2.75, 3.05) is 13.2 Å². The van der Waals surface area contributed by atoms with E-state index in [-0.39, 0.29) is 5.54 Å². The minimum absolute atomic E-state index is 0.170. The summed E-state index contributed by atoms with van der Waals surface area (Å²) in [6, 6.07) is 8.78. The maximum atomic E-state index is 6.09. The predicted octanol–water partition coefficient (Wildman–Crippen LogP) is 2.09. The van der Waals surface area contributed by atoms with Crippen molar-refractivity contribution in [2.45, 2.75) is 38.3 Å². The average molecular weight is 259 g/mol. The summed E-state index contributed by atoms with van der Waals surface area (Å²) in [6.45, 7) is 5.61. The standard InChI is InChI=1S/C15H21N3O/c1-3-19-13-7-5-4-6-12(13)15(2)10-17-14(16)18(15)11-8-9-11/h4-7,11H,3,8-10H2,1-2H3,(H2,16,17).